The van der Waals surface area contributed by atoms with E-state index in [0.29, 0.717) is 36.0 Å². The highest BCUT2D eigenvalue weighted by Crippen LogP contribution is 2.71. The molecule has 7 fully saturated rings. The van der Waals surface area contributed by atoms with Gasteiger partial charge in [-0.2, -0.15) is 0 Å². The van der Waals surface area contributed by atoms with Gasteiger partial charge in [-0.05, 0) is 85.9 Å². The molecule has 4 aliphatic carbocycles. The topological polar surface area (TPSA) is 138 Å². The first-order valence-electron chi connectivity index (χ1n) is 16.4. The molecule has 0 aromatic rings. The van der Waals surface area contributed by atoms with Crippen LogP contribution in [-0.4, -0.2) is 87.1 Å². The predicted molar refractivity (Wildman–Crippen MR) is 147 cm³/mol. The molecule has 18 atom stereocenters. The van der Waals surface area contributed by atoms with Gasteiger partial charge >= 0.3 is 0 Å². The van der Waals surface area contributed by atoms with E-state index < -0.39 is 54.3 Å². The highest BCUT2D eigenvalue weighted by Gasteiger charge is 2.70. The van der Waals surface area contributed by atoms with E-state index in [9.17, 15) is 25.5 Å². The van der Waals surface area contributed by atoms with Gasteiger partial charge < -0.3 is 44.5 Å². The lowest BCUT2D eigenvalue weighted by Gasteiger charge is -2.64. The fraction of sp³-hybridized carbons (Fsp3) is 1.00. The number of fused-ring (bicyclic) bond motifs is 7. The molecule has 9 heteroatoms. The summed E-state index contributed by atoms with van der Waals surface area (Å²) in [5, 5.41) is 53.4. The number of hydrogen-bond acceptors (Lipinski definition) is 9. The molecule has 7 rings (SSSR count). The number of rotatable bonds is 2. The first kappa shape index (κ1) is 29.4. The molecular weight excluding hydrogens is 528 g/mol. The van der Waals surface area contributed by atoms with Gasteiger partial charge in [-0.3, -0.25) is 0 Å². The van der Waals surface area contributed by atoms with Crippen molar-refractivity contribution in [1.29, 1.82) is 0 Å². The van der Waals surface area contributed by atoms with Crippen LogP contribution in [0.5, 0.6) is 0 Å². The molecule has 234 valence electrons. The van der Waals surface area contributed by atoms with E-state index in [0.717, 1.165) is 51.6 Å². The van der Waals surface area contributed by atoms with Gasteiger partial charge in [0.2, 0.25) is 0 Å². The standard InChI is InChI=1S/C32H52O9/c1-15-7-10-32(38-14-15)16(2)25-23(41-32)12-20-18-6-5-17-11-21(33)26(36)28(31(17,4)19(18)8-9-30(20,25)3)40-29-27(37)22(34)13-24(35)39-29/h15-29,33-37H,5-14H2,1-4H3/t15-,16+,17-,18-,19+,20-,21+,22+,23+,24+,25+,26-,27-,28-,29+,30+,31+,32-/m1/s1. The number of ether oxygens (including phenoxy) is 4. The molecule has 9 nitrogen and oxygen atoms in total. The van der Waals surface area contributed by atoms with Gasteiger partial charge in [-0.15, -0.1) is 0 Å². The van der Waals surface area contributed by atoms with Crippen molar-refractivity contribution in [3.05, 3.63) is 0 Å². The average molecular weight is 581 g/mol. The van der Waals surface area contributed by atoms with Crippen molar-refractivity contribution in [2.24, 2.45) is 52.3 Å². The fourth-order valence-corrected chi connectivity index (χ4v) is 11.6. The van der Waals surface area contributed by atoms with E-state index in [2.05, 4.69) is 27.7 Å². The molecule has 4 saturated carbocycles. The van der Waals surface area contributed by atoms with Crippen molar-refractivity contribution in [2.45, 2.75) is 140 Å². The van der Waals surface area contributed by atoms with Crippen LogP contribution in [0.4, 0.5) is 0 Å². The van der Waals surface area contributed by atoms with Crippen molar-refractivity contribution in [2.75, 3.05) is 6.61 Å². The van der Waals surface area contributed by atoms with Gasteiger partial charge in [-0.25, -0.2) is 0 Å². The molecule has 5 N–H and O–H groups in total. The molecule has 1 spiro atoms. The summed E-state index contributed by atoms with van der Waals surface area (Å²) in [6.45, 7) is 10.1. The Morgan fingerprint density at radius 1 is 0.805 bits per heavy atom. The van der Waals surface area contributed by atoms with Gasteiger partial charge in [0.1, 0.15) is 12.2 Å². The van der Waals surface area contributed by atoms with E-state index in [1.165, 1.54) is 0 Å². The Morgan fingerprint density at radius 2 is 1.56 bits per heavy atom. The molecule has 3 saturated heterocycles. The summed E-state index contributed by atoms with van der Waals surface area (Å²) in [6.07, 6.45) is -0.0294. The summed E-state index contributed by atoms with van der Waals surface area (Å²) >= 11 is 0. The van der Waals surface area contributed by atoms with Crippen molar-refractivity contribution in [1.82, 2.24) is 0 Å². The molecule has 3 heterocycles. The summed E-state index contributed by atoms with van der Waals surface area (Å²) in [5.41, 5.74) is -0.294. The van der Waals surface area contributed by atoms with Crippen LogP contribution in [-0.2, 0) is 18.9 Å². The smallest absolute Gasteiger partial charge is 0.189 e. The minimum atomic E-state index is -1.34. The molecule has 3 aliphatic heterocycles. The first-order chi connectivity index (χ1) is 19.4. The van der Waals surface area contributed by atoms with Crippen LogP contribution in [0.25, 0.3) is 0 Å². The maximum Gasteiger partial charge on any atom is 0.189 e. The molecule has 0 amide bonds. The third kappa shape index (κ3) is 4.20. The lowest BCUT2D eigenvalue weighted by atomic mass is 9.43. The van der Waals surface area contributed by atoms with Crippen LogP contribution in [0.15, 0.2) is 0 Å². The molecular formula is C32H52O9. The summed E-state index contributed by atoms with van der Waals surface area (Å²) in [6, 6.07) is 0. The third-order valence-corrected chi connectivity index (χ3v) is 13.8. The quantitative estimate of drug-likeness (QED) is 0.334. The zero-order chi connectivity index (χ0) is 29.1. The summed E-state index contributed by atoms with van der Waals surface area (Å²) in [5.74, 6) is 2.34. The van der Waals surface area contributed by atoms with Crippen LogP contribution >= 0.6 is 0 Å². The van der Waals surface area contributed by atoms with Crippen LogP contribution in [0, 0.1) is 52.3 Å². The predicted octanol–water partition coefficient (Wildman–Crippen LogP) is 2.55. The zero-order valence-corrected chi connectivity index (χ0v) is 25.1. The Labute approximate surface area is 243 Å². The van der Waals surface area contributed by atoms with Crippen molar-refractivity contribution >= 4 is 0 Å². The Bertz CT molecular complexity index is 986. The van der Waals surface area contributed by atoms with Crippen molar-refractivity contribution in [3.63, 3.8) is 0 Å². The largest absolute Gasteiger partial charge is 0.390 e. The van der Waals surface area contributed by atoms with Gasteiger partial charge in [0, 0.05) is 24.2 Å². The molecule has 41 heavy (non-hydrogen) atoms. The Morgan fingerprint density at radius 3 is 2.29 bits per heavy atom. The van der Waals surface area contributed by atoms with Crippen LogP contribution in [0.3, 0.4) is 0 Å². The SMILES string of the molecule is C[C@@H]1CC[C@@]2(OC1)O[C@H]1C[C@@H]3[C@@H]4CC[C@@H]5C[C@H](O)[C@@H](O)[C@@H](O[C@@H]6O[C@H](O)C[C@H](O)[C@H]6O)[C@]5(C)[C@H]4CC[C@]3(C)[C@H]1[C@@H]2C. The van der Waals surface area contributed by atoms with E-state index >= 15 is 0 Å². The molecule has 0 aromatic carbocycles. The summed E-state index contributed by atoms with van der Waals surface area (Å²) < 4.78 is 25.3. The highest BCUT2D eigenvalue weighted by molar-refractivity contribution is 5.17. The van der Waals surface area contributed by atoms with Crippen molar-refractivity contribution < 1.29 is 44.5 Å². The molecule has 0 unspecified atom stereocenters. The monoisotopic (exact) mass is 580 g/mol. The Balaban J connectivity index is 1.16. The molecule has 0 radical (unpaired) electrons. The lowest BCUT2D eigenvalue weighted by Crippen LogP contribution is -2.66. The second-order valence-corrected chi connectivity index (χ2v) is 15.6. The van der Waals surface area contributed by atoms with E-state index in [1.807, 2.05) is 0 Å². The maximum absolute atomic E-state index is 11.4. The highest BCUT2D eigenvalue weighted by atomic mass is 16.7. The van der Waals surface area contributed by atoms with E-state index in [1.54, 1.807) is 0 Å². The minimum absolute atomic E-state index is 0.101. The number of hydrogen-bond donors (Lipinski definition) is 5. The second kappa shape index (κ2) is 10.1. The lowest BCUT2D eigenvalue weighted by molar-refractivity contribution is -0.351. The first-order valence-corrected chi connectivity index (χ1v) is 16.4. The minimum Gasteiger partial charge on any atom is -0.390 e. The normalized spacial score (nSPS) is 62.1. The van der Waals surface area contributed by atoms with Crippen LogP contribution in [0.1, 0.15) is 85.5 Å². The number of aliphatic hydroxyl groups is 5. The maximum atomic E-state index is 11.4. The van der Waals surface area contributed by atoms with E-state index in [4.69, 9.17) is 18.9 Å². The molecule has 7 aliphatic rings. The molecule has 0 bridgehead atoms. The van der Waals surface area contributed by atoms with Gasteiger partial charge in [0.15, 0.2) is 18.4 Å². The van der Waals surface area contributed by atoms with Crippen molar-refractivity contribution in [3.8, 4) is 0 Å². The van der Waals surface area contributed by atoms with Gasteiger partial charge in [0.05, 0.1) is 31.0 Å². The fourth-order valence-electron chi connectivity index (χ4n) is 11.6. The number of aliphatic hydroxyl groups excluding tert-OH is 5. The van der Waals surface area contributed by atoms with Crippen LogP contribution < -0.4 is 0 Å². The summed E-state index contributed by atoms with van der Waals surface area (Å²) in [7, 11) is 0. The Kier molecular flexibility index (Phi) is 7.21. The Hall–Kier alpha value is -0.360. The van der Waals surface area contributed by atoms with Gasteiger partial charge in [-0.1, -0.05) is 27.7 Å². The zero-order valence-electron chi connectivity index (χ0n) is 25.1. The molecule has 0 aromatic heterocycles. The summed E-state index contributed by atoms with van der Waals surface area (Å²) in [4.78, 5) is 0. The second-order valence-electron chi connectivity index (χ2n) is 15.6. The van der Waals surface area contributed by atoms with Crippen LogP contribution in [0.2, 0.25) is 0 Å². The van der Waals surface area contributed by atoms with E-state index in [-0.39, 0.29) is 29.8 Å². The average Bonchev–Trinajstić information content (AvgIpc) is 3.37. The third-order valence-electron chi connectivity index (χ3n) is 13.8. The van der Waals surface area contributed by atoms with Gasteiger partial charge in [0.25, 0.3) is 0 Å².